The molecule has 0 aliphatic heterocycles. The molecule has 3 aromatic rings. The number of thioether (sulfide) groups is 1. The average molecular weight is 404 g/mol. The van der Waals surface area contributed by atoms with E-state index in [1.165, 1.54) is 25.2 Å². The number of fused-ring (bicyclic) bond motifs is 1. The predicted octanol–water partition coefficient (Wildman–Crippen LogP) is 0.941. The number of nitrogens with zero attached hydrogens (tertiary/aromatic N) is 5. The second-order valence-corrected chi connectivity index (χ2v) is 6.61. The van der Waals surface area contributed by atoms with E-state index < -0.39 is 11.2 Å². The quantitative estimate of drug-likeness (QED) is 0.325. The number of carboxylic acids is 1. The van der Waals surface area contributed by atoms with E-state index in [1.807, 2.05) is 6.92 Å². The number of nitrogens with one attached hydrogen (secondary N) is 2. The molecular formula is C15H16N8O4S. The summed E-state index contributed by atoms with van der Waals surface area (Å²) in [5.41, 5.74) is 6.47. The summed E-state index contributed by atoms with van der Waals surface area (Å²) in [5.74, 6) is -1.79. The maximum absolute atomic E-state index is 12.7. The molecule has 0 unspecified atom stereocenters. The lowest BCUT2D eigenvalue weighted by atomic mass is 10.3. The summed E-state index contributed by atoms with van der Waals surface area (Å²) in [6.07, 6.45) is 3.01. The van der Waals surface area contributed by atoms with Crippen molar-refractivity contribution in [3.05, 3.63) is 18.1 Å². The van der Waals surface area contributed by atoms with Crippen LogP contribution in [0.2, 0.25) is 0 Å². The number of carbonyl (C=O) groups excluding carboxylic acids is 1. The third-order valence-corrected chi connectivity index (χ3v) is 4.95. The highest BCUT2D eigenvalue weighted by molar-refractivity contribution is 8.00. The maximum Gasteiger partial charge on any atom is 0.342 e. The second-order valence-electron chi connectivity index (χ2n) is 5.41. The molecule has 0 aromatic carbocycles. The van der Waals surface area contributed by atoms with Crippen molar-refractivity contribution in [2.24, 2.45) is 0 Å². The Morgan fingerprint density at radius 3 is 2.82 bits per heavy atom. The van der Waals surface area contributed by atoms with Crippen LogP contribution in [0.25, 0.3) is 11.2 Å². The monoisotopic (exact) mass is 404 g/mol. The number of rotatable bonds is 7. The fourth-order valence-corrected chi connectivity index (χ4v) is 3.30. The van der Waals surface area contributed by atoms with Gasteiger partial charge in [0.05, 0.1) is 24.9 Å². The van der Waals surface area contributed by atoms with Gasteiger partial charge in [0.2, 0.25) is 23.7 Å². The number of aromatic amines is 1. The molecule has 0 bridgehead atoms. The first-order valence-electron chi connectivity index (χ1n) is 8.01. The number of imidazole rings is 1. The molecule has 0 radical (unpaired) electrons. The first-order valence-corrected chi connectivity index (χ1v) is 8.89. The van der Waals surface area contributed by atoms with Crippen molar-refractivity contribution in [2.45, 2.75) is 23.6 Å². The largest absolute Gasteiger partial charge is 0.480 e. The summed E-state index contributed by atoms with van der Waals surface area (Å²) in [7, 11) is 1.28. The molecule has 5 N–H and O–H groups in total. The van der Waals surface area contributed by atoms with E-state index in [0.717, 1.165) is 6.20 Å². The summed E-state index contributed by atoms with van der Waals surface area (Å²) < 4.78 is 4.93. The molecule has 0 saturated carbocycles. The molecule has 1 atom stereocenters. The number of anilines is 2. The molecule has 13 heteroatoms. The molecule has 3 rings (SSSR count). The lowest BCUT2D eigenvalue weighted by molar-refractivity contribution is -0.115. The molecule has 1 amide bonds. The molecular weight excluding hydrogens is 388 g/mol. The van der Waals surface area contributed by atoms with Gasteiger partial charge in [-0.15, -0.1) is 0 Å². The fraction of sp³-hybridized carbons (Fsp3) is 0.267. The van der Waals surface area contributed by atoms with Gasteiger partial charge in [0.25, 0.3) is 0 Å². The van der Waals surface area contributed by atoms with Crippen LogP contribution in [0.1, 0.15) is 23.7 Å². The summed E-state index contributed by atoms with van der Waals surface area (Å²) in [4.78, 5) is 46.7. The SMILES string of the molecule is CC[C@H](Sc1nc(N)nc2nc[nH]c12)C(=O)Nc1ncc(C(=O)O)c(OC)n1. The van der Waals surface area contributed by atoms with Gasteiger partial charge in [0.1, 0.15) is 16.1 Å². The number of hydrogen-bond acceptors (Lipinski definition) is 10. The zero-order chi connectivity index (χ0) is 20.3. The fourth-order valence-electron chi connectivity index (χ4n) is 2.28. The van der Waals surface area contributed by atoms with E-state index in [2.05, 4.69) is 35.2 Å². The molecule has 0 aliphatic carbocycles. The van der Waals surface area contributed by atoms with Gasteiger partial charge in [-0.1, -0.05) is 18.7 Å². The van der Waals surface area contributed by atoms with Crippen molar-refractivity contribution in [2.75, 3.05) is 18.2 Å². The van der Waals surface area contributed by atoms with Crippen molar-refractivity contribution in [3.8, 4) is 5.88 Å². The molecule has 0 aliphatic rings. The van der Waals surface area contributed by atoms with Crippen molar-refractivity contribution in [1.82, 2.24) is 29.9 Å². The molecule has 146 valence electrons. The van der Waals surface area contributed by atoms with Gasteiger partial charge < -0.3 is 20.6 Å². The molecule has 3 heterocycles. The maximum atomic E-state index is 12.7. The Hall–Kier alpha value is -3.48. The Kier molecular flexibility index (Phi) is 5.54. The third-order valence-electron chi connectivity index (χ3n) is 3.60. The summed E-state index contributed by atoms with van der Waals surface area (Å²) in [5, 5.41) is 11.6. The van der Waals surface area contributed by atoms with Crippen LogP contribution in [0.3, 0.4) is 0 Å². The van der Waals surface area contributed by atoms with Crippen molar-refractivity contribution < 1.29 is 19.4 Å². The van der Waals surface area contributed by atoms with E-state index in [1.54, 1.807) is 0 Å². The highest BCUT2D eigenvalue weighted by Gasteiger charge is 2.23. The minimum absolute atomic E-state index is 0.0506. The summed E-state index contributed by atoms with van der Waals surface area (Å²) in [6.45, 7) is 1.83. The van der Waals surface area contributed by atoms with Crippen LogP contribution < -0.4 is 15.8 Å². The number of nitrogen functional groups attached to an aromatic ring is 1. The predicted molar refractivity (Wildman–Crippen MR) is 100 cm³/mol. The highest BCUT2D eigenvalue weighted by Crippen LogP contribution is 2.29. The smallest absolute Gasteiger partial charge is 0.342 e. The van der Waals surface area contributed by atoms with Crippen molar-refractivity contribution >= 4 is 46.7 Å². The van der Waals surface area contributed by atoms with Gasteiger partial charge in [-0.25, -0.2) is 19.7 Å². The Morgan fingerprint density at radius 2 is 2.14 bits per heavy atom. The van der Waals surface area contributed by atoms with Crippen molar-refractivity contribution in [3.63, 3.8) is 0 Å². The van der Waals surface area contributed by atoms with Gasteiger partial charge in [-0.2, -0.15) is 9.97 Å². The molecule has 28 heavy (non-hydrogen) atoms. The number of aromatic nitrogens is 6. The summed E-state index contributed by atoms with van der Waals surface area (Å²) >= 11 is 1.19. The Balaban J connectivity index is 1.80. The van der Waals surface area contributed by atoms with Crippen LogP contribution in [-0.4, -0.2) is 59.2 Å². The standard InChI is InChI=1S/C15H16N8O4S/c1-3-7(28-12-8-9(19-5-18-8)20-14(16)23-12)10(24)21-15-17-4-6(13(25)26)11(22-15)27-2/h4-5,7H,3H2,1-2H3,(H,25,26)(H,17,21,22,24)(H3,16,18,19,20,23)/t7-/m0/s1. The van der Waals surface area contributed by atoms with Crippen molar-refractivity contribution in [1.29, 1.82) is 0 Å². The van der Waals surface area contributed by atoms with Crippen LogP contribution in [0.15, 0.2) is 17.6 Å². The Bertz CT molecular complexity index is 1040. The molecule has 3 aromatic heterocycles. The first kappa shape index (κ1) is 19.3. The zero-order valence-corrected chi connectivity index (χ0v) is 15.6. The van der Waals surface area contributed by atoms with Gasteiger partial charge in [0, 0.05) is 0 Å². The minimum atomic E-state index is -1.23. The number of amides is 1. The van der Waals surface area contributed by atoms with E-state index in [-0.39, 0.29) is 29.2 Å². The average Bonchev–Trinajstić information content (AvgIpc) is 3.13. The van der Waals surface area contributed by atoms with E-state index in [0.29, 0.717) is 22.6 Å². The Morgan fingerprint density at radius 1 is 1.36 bits per heavy atom. The number of carbonyl (C=O) groups is 2. The first-order chi connectivity index (χ1) is 13.4. The zero-order valence-electron chi connectivity index (χ0n) is 14.8. The molecule has 0 fully saturated rings. The van der Waals surface area contributed by atoms with Gasteiger partial charge in [-0.3, -0.25) is 10.1 Å². The topological polar surface area (TPSA) is 182 Å². The number of nitrogens with two attached hydrogens (primary N) is 1. The third kappa shape index (κ3) is 3.93. The summed E-state index contributed by atoms with van der Waals surface area (Å²) in [6, 6.07) is 0. The normalized spacial score (nSPS) is 11.9. The molecule has 0 saturated heterocycles. The minimum Gasteiger partial charge on any atom is -0.480 e. The molecule has 12 nitrogen and oxygen atoms in total. The number of carboxylic acid groups (broad SMARTS) is 1. The van der Waals surface area contributed by atoms with Crippen LogP contribution in [0, 0.1) is 0 Å². The van der Waals surface area contributed by atoms with Gasteiger partial charge >= 0.3 is 5.97 Å². The van der Waals surface area contributed by atoms with E-state index in [4.69, 9.17) is 15.6 Å². The number of aromatic carboxylic acids is 1. The van der Waals surface area contributed by atoms with Crippen LogP contribution in [0.4, 0.5) is 11.9 Å². The lowest BCUT2D eigenvalue weighted by Crippen LogP contribution is -2.26. The van der Waals surface area contributed by atoms with E-state index in [9.17, 15) is 9.59 Å². The van der Waals surface area contributed by atoms with E-state index >= 15 is 0 Å². The van der Waals surface area contributed by atoms with Gasteiger partial charge in [0.15, 0.2) is 5.65 Å². The van der Waals surface area contributed by atoms with Crippen LogP contribution in [-0.2, 0) is 4.79 Å². The van der Waals surface area contributed by atoms with Gasteiger partial charge in [-0.05, 0) is 6.42 Å². The second kappa shape index (κ2) is 8.04. The number of ether oxygens (including phenoxy) is 1. The Labute approximate surface area is 162 Å². The van der Waals surface area contributed by atoms with Crippen LogP contribution >= 0.6 is 11.8 Å². The highest BCUT2D eigenvalue weighted by atomic mass is 32.2. The lowest BCUT2D eigenvalue weighted by Gasteiger charge is -2.14. The van der Waals surface area contributed by atoms with Crippen LogP contribution in [0.5, 0.6) is 5.88 Å². The number of H-pyrrole nitrogens is 1. The number of hydrogen-bond donors (Lipinski definition) is 4. The molecule has 0 spiro atoms. The number of methoxy groups -OCH3 is 1.